The smallest absolute Gasteiger partial charge is 0.339 e. The van der Waals surface area contributed by atoms with Gasteiger partial charge in [-0.3, -0.25) is 0 Å². The average Bonchev–Trinajstić information content (AvgIpc) is 3.42. The summed E-state index contributed by atoms with van der Waals surface area (Å²) in [6, 6.07) is 7.59. The summed E-state index contributed by atoms with van der Waals surface area (Å²) in [7, 11) is 0. The van der Waals surface area contributed by atoms with Crippen molar-refractivity contribution in [3.63, 3.8) is 0 Å². The van der Waals surface area contributed by atoms with E-state index in [1.807, 2.05) is 6.07 Å². The molecule has 4 saturated carbocycles. The number of aliphatic hydroxyl groups excluding tert-OH is 1. The number of unbranched alkanes of at least 4 members (excludes halogenated alkanes) is 5. The molecular formula is C40H67N3O4. The Hall–Kier alpha value is -1.67. The van der Waals surface area contributed by atoms with Crippen LogP contribution in [-0.4, -0.2) is 61.1 Å². The lowest BCUT2D eigenvalue weighted by molar-refractivity contribution is -0.167. The standard InChI is InChI=1S/C40H67N3O4/c1-28(27-47-36-14-9-8-13-31(36)38(45)46)32-15-16-33-37-34(18-20-40(32,33)3)39(2)19-17-30(25-29(39)26-35(37)44)43-24-11-7-5-4-6-10-22-42-23-12-21-41/h8-9,13-14,28-30,32-35,37,42-44H,4-7,10-12,15-27,41H2,1-3H3,(H,45,46)/t28-,29+,30+,32?,33?,34?,35+,37?,39+,40-/m1/s1. The van der Waals surface area contributed by atoms with Crippen molar-refractivity contribution in [1.29, 1.82) is 0 Å². The molecule has 4 fully saturated rings. The van der Waals surface area contributed by atoms with Gasteiger partial charge in [0.25, 0.3) is 0 Å². The highest BCUT2D eigenvalue weighted by atomic mass is 16.5. The van der Waals surface area contributed by atoms with Gasteiger partial charge in [-0.1, -0.05) is 58.6 Å². The molecule has 0 aromatic heterocycles. The van der Waals surface area contributed by atoms with Crippen LogP contribution in [-0.2, 0) is 0 Å². The number of carbonyl (C=O) groups is 1. The second kappa shape index (κ2) is 16.8. The van der Waals surface area contributed by atoms with Gasteiger partial charge in [-0.2, -0.15) is 0 Å². The van der Waals surface area contributed by atoms with Gasteiger partial charge >= 0.3 is 5.97 Å². The molecule has 5 rings (SSSR count). The largest absolute Gasteiger partial charge is 0.492 e. The molecule has 266 valence electrons. The number of benzene rings is 1. The maximum atomic E-state index is 11.8. The van der Waals surface area contributed by atoms with E-state index in [0.29, 0.717) is 59.3 Å². The Morgan fingerprint density at radius 1 is 0.915 bits per heavy atom. The van der Waals surface area contributed by atoms with E-state index in [4.69, 9.17) is 10.5 Å². The fraction of sp³-hybridized carbons (Fsp3) is 0.825. The van der Waals surface area contributed by atoms with Crippen LogP contribution in [0.3, 0.4) is 0 Å². The van der Waals surface area contributed by atoms with Crippen LogP contribution in [0.25, 0.3) is 0 Å². The van der Waals surface area contributed by atoms with Crippen LogP contribution in [0.15, 0.2) is 24.3 Å². The Morgan fingerprint density at radius 2 is 1.60 bits per heavy atom. The molecule has 0 heterocycles. The number of ether oxygens (including phenoxy) is 1. The van der Waals surface area contributed by atoms with E-state index < -0.39 is 5.97 Å². The van der Waals surface area contributed by atoms with E-state index in [1.54, 1.807) is 18.2 Å². The predicted molar refractivity (Wildman–Crippen MR) is 191 cm³/mol. The molecule has 0 saturated heterocycles. The lowest BCUT2D eigenvalue weighted by atomic mass is 9.43. The average molecular weight is 654 g/mol. The van der Waals surface area contributed by atoms with Crippen LogP contribution >= 0.6 is 0 Å². The summed E-state index contributed by atoms with van der Waals surface area (Å²) in [6.45, 7) is 12.0. The van der Waals surface area contributed by atoms with Crippen LogP contribution in [0.5, 0.6) is 5.75 Å². The summed E-state index contributed by atoms with van der Waals surface area (Å²) in [6.07, 6.45) is 18.4. The van der Waals surface area contributed by atoms with Gasteiger partial charge < -0.3 is 31.3 Å². The molecule has 1 aromatic rings. The second-order valence-corrected chi connectivity index (χ2v) is 16.6. The van der Waals surface area contributed by atoms with Crippen LogP contribution in [0.4, 0.5) is 0 Å². The minimum atomic E-state index is -0.942. The highest BCUT2D eigenvalue weighted by Crippen LogP contribution is 2.68. The zero-order valence-electron chi connectivity index (χ0n) is 29.9. The van der Waals surface area contributed by atoms with Gasteiger partial charge in [0.1, 0.15) is 11.3 Å². The molecule has 10 atom stereocenters. The third-order valence-corrected chi connectivity index (χ3v) is 13.8. The molecule has 4 aliphatic carbocycles. The van der Waals surface area contributed by atoms with E-state index >= 15 is 0 Å². The third-order valence-electron chi connectivity index (χ3n) is 13.8. The number of rotatable bonds is 18. The predicted octanol–water partition coefficient (Wildman–Crippen LogP) is 7.27. The summed E-state index contributed by atoms with van der Waals surface area (Å²) in [5.41, 5.74) is 6.34. The first-order chi connectivity index (χ1) is 22.7. The van der Waals surface area contributed by atoms with Crippen molar-refractivity contribution in [1.82, 2.24) is 10.6 Å². The lowest BCUT2D eigenvalue weighted by Gasteiger charge is -2.62. The second-order valence-electron chi connectivity index (χ2n) is 16.6. The highest BCUT2D eigenvalue weighted by Gasteiger charge is 2.63. The molecule has 7 nitrogen and oxygen atoms in total. The number of nitrogens with two attached hydrogens (primary N) is 1. The van der Waals surface area contributed by atoms with Crippen molar-refractivity contribution in [3.8, 4) is 5.75 Å². The minimum absolute atomic E-state index is 0.190. The molecule has 0 aliphatic heterocycles. The van der Waals surface area contributed by atoms with Crippen LogP contribution in [0.2, 0.25) is 0 Å². The van der Waals surface area contributed by atoms with Crippen molar-refractivity contribution >= 4 is 5.97 Å². The number of hydrogen-bond acceptors (Lipinski definition) is 6. The van der Waals surface area contributed by atoms with Gasteiger partial charge in [0.05, 0.1) is 12.7 Å². The summed E-state index contributed by atoms with van der Waals surface area (Å²) < 4.78 is 6.16. The Bertz CT molecular complexity index is 1130. The molecule has 0 spiro atoms. The van der Waals surface area contributed by atoms with Crippen molar-refractivity contribution in [2.24, 2.45) is 52.1 Å². The molecule has 6 N–H and O–H groups in total. The number of nitrogens with one attached hydrogen (secondary N) is 2. The van der Waals surface area contributed by atoms with Crippen LogP contribution in [0, 0.1) is 46.3 Å². The van der Waals surface area contributed by atoms with Crippen molar-refractivity contribution in [3.05, 3.63) is 29.8 Å². The molecule has 7 heteroatoms. The SMILES string of the molecule is C[C@H](COc1ccccc1C(=O)O)C1CCC2C3C(CC[C@@]21C)[C@@]1(C)CC[C@H](NCCCCCCCCNCCCN)C[C@H]1C[C@@H]3O. The fourth-order valence-corrected chi connectivity index (χ4v) is 11.2. The first-order valence-corrected chi connectivity index (χ1v) is 19.5. The van der Waals surface area contributed by atoms with Gasteiger partial charge in [0.2, 0.25) is 0 Å². The fourth-order valence-electron chi connectivity index (χ4n) is 11.2. The minimum Gasteiger partial charge on any atom is -0.492 e. The zero-order valence-corrected chi connectivity index (χ0v) is 29.9. The van der Waals surface area contributed by atoms with Gasteiger partial charge in [-0.25, -0.2) is 4.79 Å². The third kappa shape index (κ3) is 8.38. The molecule has 0 amide bonds. The van der Waals surface area contributed by atoms with E-state index in [1.165, 1.54) is 83.5 Å². The maximum absolute atomic E-state index is 11.8. The molecule has 0 radical (unpaired) electrons. The van der Waals surface area contributed by atoms with Gasteiger partial charge in [-0.05, 0) is 155 Å². The number of para-hydroxylation sites is 1. The van der Waals surface area contributed by atoms with Crippen LogP contribution < -0.4 is 21.1 Å². The normalized spacial score (nSPS) is 35.5. The first-order valence-electron chi connectivity index (χ1n) is 19.5. The Morgan fingerprint density at radius 3 is 2.36 bits per heavy atom. The van der Waals surface area contributed by atoms with Gasteiger partial charge in [0.15, 0.2) is 0 Å². The van der Waals surface area contributed by atoms with Gasteiger partial charge in [-0.15, -0.1) is 0 Å². The molecular weight excluding hydrogens is 586 g/mol. The number of hydrogen-bond donors (Lipinski definition) is 5. The van der Waals surface area contributed by atoms with Crippen molar-refractivity contribution in [2.75, 3.05) is 32.8 Å². The number of carboxylic acids is 1. The lowest BCUT2D eigenvalue weighted by Crippen LogP contribution is -2.59. The van der Waals surface area contributed by atoms with Crippen LogP contribution in [0.1, 0.15) is 127 Å². The number of aromatic carboxylic acids is 1. The Kier molecular flexibility index (Phi) is 13.1. The highest BCUT2D eigenvalue weighted by molar-refractivity contribution is 5.90. The van der Waals surface area contributed by atoms with Crippen molar-refractivity contribution < 1.29 is 19.7 Å². The summed E-state index contributed by atoms with van der Waals surface area (Å²) in [4.78, 5) is 11.7. The van der Waals surface area contributed by atoms with E-state index in [2.05, 4.69) is 31.4 Å². The quantitative estimate of drug-likeness (QED) is 0.106. The van der Waals surface area contributed by atoms with E-state index in [-0.39, 0.29) is 17.1 Å². The van der Waals surface area contributed by atoms with Crippen molar-refractivity contribution in [2.45, 2.75) is 129 Å². The molecule has 1 aromatic carbocycles. The summed E-state index contributed by atoms with van der Waals surface area (Å²) >= 11 is 0. The summed E-state index contributed by atoms with van der Waals surface area (Å²) in [5.74, 6) is 2.61. The Balaban J connectivity index is 1.07. The number of aliphatic hydroxyl groups is 1. The number of fused-ring (bicyclic) bond motifs is 5. The summed E-state index contributed by atoms with van der Waals surface area (Å²) in [5, 5.41) is 28.9. The Labute approximate surface area is 285 Å². The first kappa shape index (κ1) is 36.6. The van der Waals surface area contributed by atoms with E-state index in [9.17, 15) is 15.0 Å². The number of carboxylic acid groups (broad SMARTS) is 1. The zero-order chi connectivity index (χ0) is 33.4. The maximum Gasteiger partial charge on any atom is 0.339 e. The topological polar surface area (TPSA) is 117 Å². The van der Waals surface area contributed by atoms with E-state index in [0.717, 1.165) is 39.0 Å². The molecule has 4 unspecified atom stereocenters. The molecule has 4 aliphatic rings. The monoisotopic (exact) mass is 654 g/mol. The van der Waals surface area contributed by atoms with Gasteiger partial charge in [0, 0.05) is 6.04 Å². The molecule has 47 heavy (non-hydrogen) atoms. The molecule has 0 bridgehead atoms.